The molecule has 30 heavy (non-hydrogen) atoms. The number of fused-ring (bicyclic) bond motifs is 3. The molecule has 4 aromatic rings. The molecule has 0 spiro atoms. The third-order valence-electron chi connectivity index (χ3n) is 5.83. The molecule has 0 saturated carbocycles. The molecule has 0 bridgehead atoms. The zero-order valence-electron chi connectivity index (χ0n) is 17.9. The minimum Gasteiger partial charge on any atom is -0.385 e. The summed E-state index contributed by atoms with van der Waals surface area (Å²) in [7, 11) is 3.36. The molecule has 1 aromatic carbocycles. The van der Waals surface area contributed by atoms with E-state index in [0.29, 0.717) is 36.5 Å². The maximum absolute atomic E-state index is 13.4. The summed E-state index contributed by atoms with van der Waals surface area (Å²) in [4.78, 5) is 31.0. The monoisotopic (exact) mass is 409 g/mol. The quantitative estimate of drug-likeness (QED) is 0.438. The van der Waals surface area contributed by atoms with Gasteiger partial charge in [-0.1, -0.05) is 30.3 Å². The molecule has 0 aliphatic heterocycles. The van der Waals surface area contributed by atoms with Crippen LogP contribution in [0, 0.1) is 13.8 Å². The number of hydrogen-bond acceptors (Lipinski definition) is 4. The van der Waals surface area contributed by atoms with E-state index in [2.05, 4.69) is 4.57 Å². The molecule has 0 radical (unpaired) electrons. The molecule has 0 unspecified atom stereocenters. The maximum atomic E-state index is 13.4. The van der Waals surface area contributed by atoms with E-state index in [1.165, 1.54) is 9.13 Å². The molecular weight excluding hydrogens is 382 g/mol. The Morgan fingerprint density at radius 3 is 2.43 bits per heavy atom. The fraction of sp³-hybridized carbons (Fsp3) is 0.409. The standard InChI is InChI=1S/C22H27N5O3/c1-15-16(2)27-18-19(23-21(27)25(15)12-8-14-30-4)24(3)22(29)26(20(18)28)13-11-17-9-6-5-7-10-17/h5-7,9-10H,8,11-14H2,1-4H3. The molecule has 0 amide bonds. The van der Waals surface area contributed by atoms with Gasteiger partial charge in [-0.25, -0.2) is 4.79 Å². The lowest BCUT2D eigenvalue weighted by molar-refractivity contribution is 0.190. The van der Waals surface area contributed by atoms with Gasteiger partial charge in [-0.2, -0.15) is 4.98 Å². The Bertz CT molecular complexity index is 1320. The lowest BCUT2D eigenvalue weighted by Crippen LogP contribution is -2.39. The maximum Gasteiger partial charge on any atom is 0.332 e. The summed E-state index contributed by atoms with van der Waals surface area (Å²) in [6.07, 6.45) is 1.45. The first-order valence-electron chi connectivity index (χ1n) is 10.2. The topological polar surface area (TPSA) is 75.5 Å². The second kappa shape index (κ2) is 7.95. The van der Waals surface area contributed by atoms with Crippen LogP contribution in [0.5, 0.6) is 0 Å². The molecule has 3 aromatic heterocycles. The van der Waals surface area contributed by atoms with E-state index in [9.17, 15) is 9.59 Å². The van der Waals surface area contributed by atoms with Crippen molar-refractivity contribution < 1.29 is 4.74 Å². The predicted molar refractivity (Wildman–Crippen MR) is 116 cm³/mol. The second-order valence-corrected chi connectivity index (χ2v) is 7.62. The first-order valence-corrected chi connectivity index (χ1v) is 10.2. The van der Waals surface area contributed by atoms with Crippen LogP contribution < -0.4 is 11.2 Å². The van der Waals surface area contributed by atoms with Crippen LogP contribution in [0.15, 0.2) is 39.9 Å². The summed E-state index contributed by atoms with van der Waals surface area (Å²) in [6.45, 7) is 5.71. The highest BCUT2D eigenvalue weighted by atomic mass is 16.5. The number of benzene rings is 1. The number of imidazole rings is 2. The Hall–Kier alpha value is -3.13. The van der Waals surface area contributed by atoms with Gasteiger partial charge in [-0.05, 0) is 32.3 Å². The van der Waals surface area contributed by atoms with E-state index >= 15 is 0 Å². The van der Waals surface area contributed by atoms with Crippen molar-refractivity contribution in [1.29, 1.82) is 0 Å². The molecule has 8 heteroatoms. The van der Waals surface area contributed by atoms with Crippen LogP contribution >= 0.6 is 0 Å². The number of rotatable bonds is 7. The van der Waals surface area contributed by atoms with Crippen molar-refractivity contribution in [1.82, 2.24) is 23.1 Å². The van der Waals surface area contributed by atoms with E-state index in [4.69, 9.17) is 9.72 Å². The van der Waals surface area contributed by atoms with Crippen molar-refractivity contribution in [3.63, 3.8) is 0 Å². The average Bonchev–Trinajstić information content (AvgIpc) is 3.24. The molecular formula is C22H27N5O3. The smallest absolute Gasteiger partial charge is 0.332 e. The van der Waals surface area contributed by atoms with Crippen LogP contribution in [0.2, 0.25) is 0 Å². The highest BCUT2D eigenvalue weighted by Gasteiger charge is 2.22. The predicted octanol–water partition coefficient (Wildman–Crippen LogP) is 2.05. The van der Waals surface area contributed by atoms with E-state index in [1.807, 2.05) is 48.6 Å². The van der Waals surface area contributed by atoms with Crippen LogP contribution in [-0.2, 0) is 31.3 Å². The molecule has 8 nitrogen and oxygen atoms in total. The molecule has 0 aliphatic rings. The van der Waals surface area contributed by atoms with Gasteiger partial charge >= 0.3 is 5.69 Å². The van der Waals surface area contributed by atoms with Gasteiger partial charge in [0.1, 0.15) is 0 Å². The number of methoxy groups -OCH3 is 1. The highest BCUT2D eigenvalue weighted by Crippen LogP contribution is 2.21. The van der Waals surface area contributed by atoms with Crippen molar-refractivity contribution in [2.24, 2.45) is 7.05 Å². The lowest BCUT2D eigenvalue weighted by atomic mass is 10.1. The van der Waals surface area contributed by atoms with Crippen molar-refractivity contribution >= 4 is 16.9 Å². The SMILES string of the molecule is COCCCn1c(C)c(C)n2c3c(=O)n(CCc4ccccc4)c(=O)n(C)c3nc12. The first-order chi connectivity index (χ1) is 14.5. The second-order valence-electron chi connectivity index (χ2n) is 7.62. The summed E-state index contributed by atoms with van der Waals surface area (Å²) >= 11 is 0. The molecule has 0 aliphatic carbocycles. The Kier molecular flexibility index (Phi) is 5.34. The Labute approximate surface area is 174 Å². The molecule has 0 saturated heterocycles. The Morgan fingerprint density at radius 1 is 1.00 bits per heavy atom. The van der Waals surface area contributed by atoms with Gasteiger partial charge in [-0.3, -0.25) is 18.3 Å². The van der Waals surface area contributed by atoms with Gasteiger partial charge in [0.15, 0.2) is 11.2 Å². The first kappa shape index (κ1) is 20.2. The molecule has 4 rings (SSSR count). The third-order valence-corrected chi connectivity index (χ3v) is 5.83. The van der Waals surface area contributed by atoms with E-state index in [-0.39, 0.29) is 11.2 Å². The zero-order chi connectivity index (χ0) is 21.4. The summed E-state index contributed by atoms with van der Waals surface area (Å²) in [5.74, 6) is 0.684. The molecule has 0 fully saturated rings. The molecule has 158 valence electrons. The minimum absolute atomic E-state index is 0.298. The Morgan fingerprint density at radius 2 is 1.73 bits per heavy atom. The summed E-state index contributed by atoms with van der Waals surface area (Å²) in [5.41, 5.74) is 3.32. The number of ether oxygens (including phenoxy) is 1. The summed E-state index contributed by atoms with van der Waals surface area (Å²) in [5, 5.41) is 0. The fourth-order valence-electron chi connectivity index (χ4n) is 4.03. The van der Waals surface area contributed by atoms with Gasteiger partial charge in [0.05, 0.1) is 0 Å². The van der Waals surface area contributed by atoms with E-state index < -0.39 is 0 Å². The minimum atomic E-state index is -0.343. The van der Waals surface area contributed by atoms with Crippen LogP contribution in [0.1, 0.15) is 23.4 Å². The Balaban J connectivity index is 1.88. The largest absolute Gasteiger partial charge is 0.385 e. The zero-order valence-corrected chi connectivity index (χ0v) is 17.9. The number of hydrogen-bond donors (Lipinski definition) is 0. The average molecular weight is 409 g/mol. The summed E-state index contributed by atoms with van der Waals surface area (Å²) in [6, 6.07) is 9.86. The van der Waals surface area contributed by atoms with Gasteiger partial charge in [0.2, 0.25) is 5.78 Å². The highest BCUT2D eigenvalue weighted by molar-refractivity contribution is 5.76. The normalized spacial score (nSPS) is 11.7. The number of nitrogens with zero attached hydrogens (tertiary/aromatic N) is 5. The molecule has 0 N–H and O–H groups in total. The van der Waals surface area contributed by atoms with Crippen molar-refractivity contribution in [3.8, 4) is 0 Å². The van der Waals surface area contributed by atoms with E-state index in [1.54, 1.807) is 14.2 Å². The fourth-order valence-corrected chi connectivity index (χ4v) is 4.03. The summed E-state index contributed by atoms with van der Waals surface area (Å²) < 4.78 is 11.9. The van der Waals surface area contributed by atoms with Gasteiger partial charge < -0.3 is 9.30 Å². The van der Waals surface area contributed by atoms with Crippen molar-refractivity contribution in [3.05, 3.63) is 68.1 Å². The van der Waals surface area contributed by atoms with Crippen LogP contribution in [0.25, 0.3) is 16.9 Å². The van der Waals surface area contributed by atoms with E-state index in [0.717, 1.165) is 29.9 Å². The van der Waals surface area contributed by atoms with Crippen LogP contribution in [0.4, 0.5) is 0 Å². The van der Waals surface area contributed by atoms with Crippen molar-refractivity contribution in [2.75, 3.05) is 13.7 Å². The molecule has 3 heterocycles. The van der Waals surface area contributed by atoms with Gasteiger partial charge in [0, 0.05) is 45.2 Å². The van der Waals surface area contributed by atoms with Gasteiger partial charge in [-0.15, -0.1) is 0 Å². The van der Waals surface area contributed by atoms with Gasteiger partial charge in [0.25, 0.3) is 5.56 Å². The lowest BCUT2D eigenvalue weighted by Gasteiger charge is -2.09. The van der Waals surface area contributed by atoms with Crippen LogP contribution in [-0.4, -0.2) is 36.8 Å². The third kappa shape index (κ3) is 3.17. The van der Waals surface area contributed by atoms with Crippen LogP contribution in [0.3, 0.4) is 0 Å². The molecule has 0 atom stereocenters. The number of aryl methyl sites for hydroxylation is 4. The van der Waals surface area contributed by atoms with Crippen molar-refractivity contribution in [2.45, 2.75) is 39.8 Å². The number of aromatic nitrogens is 5.